The van der Waals surface area contributed by atoms with Gasteiger partial charge in [0.15, 0.2) is 0 Å². The maximum absolute atomic E-state index is 6.08. The lowest BCUT2D eigenvalue weighted by molar-refractivity contribution is -0.0215. The molecule has 4 nitrogen and oxygen atoms in total. The smallest absolute Gasteiger partial charge is 0.0933 e. The van der Waals surface area contributed by atoms with Crippen LogP contribution in [0.2, 0.25) is 0 Å². The normalized spacial score (nSPS) is 24.7. The van der Waals surface area contributed by atoms with Gasteiger partial charge in [-0.1, -0.05) is 13.8 Å². The van der Waals surface area contributed by atoms with Crippen LogP contribution in [-0.2, 0) is 4.74 Å². The second-order valence-electron chi connectivity index (χ2n) is 6.90. The van der Waals surface area contributed by atoms with Crippen LogP contribution in [-0.4, -0.2) is 55.3 Å². The highest BCUT2D eigenvalue weighted by molar-refractivity contribution is 5.45. The zero-order chi connectivity index (χ0) is 15.0. The standard InChI is InChI=1S/C17H27N3O/c1-13(2)15-6-5-14(11-18-15)20-9-10-21-16(12-20)17(7-8-17)19(3)4/h5-6,11,13,16H,7-10,12H2,1-4H3. The van der Waals surface area contributed by atoms with Crippen LogP contribution in [0.25, 0.3) is 0 Å². The quantitative estimate of drug-likeness (QED) is 0.851. The first-order chi connectivity index (χ1) is 10.0. The van der Waals surface area contributed by atoms with E-state index in [0.717, 1.165) is 25.4 Å². The van der Waals surface area contributed by atoms with Gasteiger partial charge >= 0.3 is 0 Å². The van der Waals surface area contributed by atoms with Gasteiger partial charge in [-0.3, -0.25) is 4.98 Å². The monoisotopic (exact) mass is 289 g/mol. The minimum absolute atomic E-state index is 0.268. The Balaban J connectivity index is 1.71. The largest absolute Gasteiger partial charge is 0.373 e. The Morgan fingerprint density at radius 1 is 1.33 bits per heavy atom. The van der Waals surface area contributed by atoms with E-state index < -0.39 is 0 Å². The molecule has 0 aromatic carbocycles. The number of likely N-dealkylation sites (N-methyl/N-ethyl adjacent to an activating group) is 1. The Morgan fingerprint density at radius 2 is 2.10 bits per heavy atom. The molecule has 0 spiro atoms. The summed E-state index contributed by atoms with van der Waals surface area (Å²) in [6, 6.07) is 4.36. The highest BCUT2D eigenvalue weighted by Crippen LogP contribution is 2.45. The molecule has 1 atom stereocenters. The molecule has 4 heteroatoms. The number of rotatable bonds is 4. The van der Waals surface area contributed by atoms with E-state index in [2.05, 4.69) is 54.9 Å². The lowest BCUT2D eigenvalue weighted by Gasteiger charge is -2.40. The SMILES string of the molecule is CC(C)c1ccc(N2CCOC(C3(N(C)C)CC3)C2)cn1. The summed E-state index contributed by atoms with van der Waals surface area (Å²) < 4.78 is 6.08. The summed E-state index contributed by atoms with van der Waals surface area (Å²) in [5, 5.41) is 0. The van der Waals surface area contributed by atoms with Crippen LogP contribution in [0.4, 0.5) is 5.69 Å². The van der Waals surface area contributed by atoms with E-state index in [9.17, 15) is 0 Å². The van der Waals surface area contributed by atoms with E-state index in [1.54, 1.807) is 0 Å². The Hall–Kier alpha value is -1.13. The first-order valence-electron chi connectivity index (χ1n) is 8.03. The van der Waals surface area contributed by atoms with Crippen molar-refractivity contribution in [1.82, 2.24) is 9.88 Å². The molecule has 0 radical (unpaired) electrons. The molecule has 0 N–H and O–H groups in total. The van der Waals surface area contributed by atoms with Crippen LogP contribution in [0.3, 0.4) is 0 Å². The zero-order valence-electron chi connectivity index (χ0n) is 13.7. The molecule has 0 bridgehead atoms. The molecule has 2 aliphatic rings. The lowest BCUT2D eigenvalue weighted by atomic mass is 10.1. The molecule has 1 aromatic heterocycles. The summed E-state index contributed by atoms with van der Waals surface area (Å²) in [5.74, 6) is 0.486. The number of pyridine rings is 1. The first-order valence-corrected chi connectivity index (χ1v) is 8.03. The molecule has 1 aliphatic carbocycles. The van der Waals surface area contributed by atoms with Crippen molar-refractivity contribution < 1.29 is 4.74 Å². The van der Waals surface area contributed by atoms with Gasteiger partial charge in [0.1, 0.15) is 0 Å². The second kappa shape index (κ2) is 5.58. The van der Waals surface area contributed by atoms with Gasteiger partial charge in [0, 0.05) is 24.3 Å². The lowest BCUT2D eigenvalue weighted by Crippen LogP contribution is -2.53. The van der Waals surface area contributed by atoms with Crippen LogP contribution < -0.4 is 4.90 Å². The fraction of sp³-hybridized carbons (Fsp3) is 0.706. The van der Waals surface area contributed by atoms with Gasteiger partial charge in [-0.2, -0.15) is 0 Å². The van der Waals surface area contributed by atoms with Crippen LogP contribution in [0.5, 0.6) is 0 Å². The molecular weight excluding hydrogens is 262 g/mol. The third-order valence-corrected chi connectivity index (χ3v) is 5.05. The summed E-state index contributed by atoms with van der Waals surface area (Å²) in [7, 11) is 4.35. The Morgan fingerprint density at radius 3 is 2.62 bits per heavy atom. The van der Waals surface area contributed by atoms with E-state index in [1.165, 1.54) is 18.5 Å². The number of hydrogen-bond acceptors (Lipinski definition) is 4. The summed E-state index contributed by atoms with van der Waals surface area (Å²) >= 11 is 0. The molecule has 21 heavy (non-hydrogen) atoms. The Bertz CT molecular complexity index is 479. The van der Waals surface area contributed by atoms with E-state index in [1.807, 2.05) is 6.20 Å². The zero-order valence-corrected chi connectivity index (χ0v) is 13.7. The van der Waals surface area contributed by atoms with E-state index in [-0.39, 0.29) is 5.54 Å². The van der Waals surface area contributed by atoms with E-state index >= 15 is 0 Å². The van der Waals surface area contributed by atoms with Gasteiger partial charge < -0.3 is 14.5 Å². The highest BCUT2D eigenvalue weighted by Gasteiger charge is 2.53. The van der Waals surface area contributed by atoms with Gasteiger partial charge in [-0.25, -0.2) is 0 Å². The van der Waals surface area contributed by atoms with Crippen LogP contribution in [0, 0.1) is 0 Å². The van der Waals surface area contributed by atoms with Crippen molar-refractivity contribution in [2.24, 2.45) is 0 Å². The van der Waals surface area contributed by atoms with Gasteiger partial charge in [-0.05, 0) is 45.0 Å². The average Bonchev–Trinajstić information content (AvgIpc) is 3.29. The molecule has 3 rings (SSSR count). The Labute approximate surface area is 128 Å². The van der Waals surface area contributed by atoms with Crippen molar-refractivity contribution in [3.8, 4) is 0 Å². The fourth-order valence-electron chi connectivity index (χ4n) is 3.32. The average molecular weight is 289 g/mol. The number of aromatic nitrogens is 1. The Kier molecular flexibility index (Phi) is 3.93. The molecule has 0 amide bonds. The highest BCUT2D eigenvalue weighted by atomic mass is 16.5. The number of anilines is 1. The van der Waals surface area contributed by atoms with Gasteiger partial charge in [0.2, 0.25) is 0 Å². The summed E-state index contributed by atoms with van der Waals surface area (Å²) in [4.78, 5) is 9.37. The number of morpholine rings is 1. The predicted molar refractivity (Wildman–Crippen MR) is 85.9 cm³/mol. The molecule has 2 fully saturated rings. The van der Waals surface area contributed by atoms with Crippen molar-refractivity contribution >= 4 is 5.69 Å². The summed E-state index contributed by atoms with van der Waals surface area (Å²) in [5.41, 5.74) is 2.65. The van der Waals surface area contributed by atoms with Gasteiger partial charge in [-0.15, -0.1) is 0 Å². The third kappa shape index (κ3) is 2.79. The molecule has 1 aromatic rings. The predicted octanol–water partition coefficient (Wildman–Crippen LogP) is 2.50. The molecular formula is C17H27N3O. The van der Waals surface area contributed by atoms with Crippen molar-refractivity contribution in [2.75, 3.05) is 38.7 Å². The number of hydrogen-bond donors (Lipinski definition) is 0. The van der Waals surface area contributed by atoms with Crippen molar-refractivity contribution in [3.63, 3.8) is 0 Å². The first kappa shape index (κ1) is 14.8. The van der Waals surface area contributed by atoms with Crippen LogP contribution in [0.1, 0.15) is 38.3 Å². The maximum atomic E-state index is 6.08. The fourth-order valence-corrected chi connectivity index (χ4v) is 3.32. The van der Waals surface area contributed by atoms with E-state index in [0.29, 0.717) is 12.0 Å². The molecule has 116 valence electrons. The topological polar surface area (TPSA) is 28.6 Å². The van der Waals surface area contributed by atoms with Crippen LogP contribution in [0.15, 0.2) is 18.3 Å². The minimum Gasteiger partial charge on any atom is -0.373 e. The molecule has 2 heterocycles. The van der Waals surface area contributed by atoms with Gasteiger partial charge in [0.05, 0.1) is 24.6 Å². The molecule has 1 saturated heterocycles. The molecule has 1 unspecified atom stereocenters. The van der Waals surface area contributed by atoms with E-state index in [4.69, 9.17) is 4.74 Å². The number of ether oxygens (including phenoxy) is 1. The summed E-state index contributed by atoms with van der Waals surface area (Å²) in [6.07, 6.45) is 4.84. The summed E-state index contributed by atoms with van der Waals surface area (Å²) in [6.45, 7) is 7.11. The van der Waals surface area contributed by atoms with Crippen molar-refractivity contribution in [3.05, 3.63) is 24.0 Å². The third-order valence-electron chi connectivity index (χ3n) is 5.05. The molecule has 1 aliphatic heterocycles. The number of nitrogens with zero attached hydrogens (tertiary/aromatic N) is 3. The maximum Gasteiger partial charge on any atom is 0.0933 e. The second-order valence-corrected chi connectivity index (χ2v) is 6.90. The van der Waals surface area contributed by atoms with Crippen molar-refractivity contribution in [2.45, 2.75) is 44.2 Å². The van der Waals surface area contributed by atoms with Crippen LogP contribution >= 0.6 is 0 Å². The molecule has 1 saturated carbocycles. The van der Waals surface area contributed by atoms with Gasteiger partial charge in [0.25, 0.3) is 0 Å². The van der Waals surface area contributed by atoms with Crippen molar-refractivity contribution in [1.29, 1.82) is 0 Å². The minimum atomic E-state index is 0.268.